The Morgan fingerprint density at radius 1 is 1.29 bits per heavy atom. The van der Waals surface area contributed by atoms with Crippen LogP contribution >= 0.6 is 11.6 Å². The van der Waals surface area contributed by atoms with Crippen molar-refractivity contribution in [3.05, 3.63) is 51.4 Å². The van der Waals surface area contributed by atoms with Crippen LogP contribution in [0.1, 0.15) is 10.4 Å². The molecule has 0 saturated carbocycles. The first-order valence-electron chi connectivity index (χ1n) is 5.40. The topological polar surface area (TPSA) is 129 Å². The maximum Gasteiger partial charge on any atom is 0.342 e. The first-order chi connectivity index (χ1) is 9.79. The van der Waals surface area contributed by atoms with Crippen LogP contribution < -0.4 is 10.3 Å². The van der Waals surface area contributed by atoms with E-state index in [0.717, 1.165) is 6.20 Å². The van der Waals surface area contributed by atoms with Crippen LogP contribution in [-0.4, -0.2) is 29.5 Å². The molecule has 0 fully saturated rings. The monoisotopic (exact) mass is 329 g/mol. The van der Waals surface area contributed by atoms with Crippen LogP contribution in [0, 0.1) is 0 Å². The second kappa shape index (κ2) is 5.54. The average molecular weight is 330 g/mol. The normalized spacial score (nSPS) is 11.1. The Kier molecular flexibility index (Phi) is 3.96. The van der Waals surface area contributed by atoms with E-state index < -0.39 is 27.1 Å². The number of nitrogens with one attached hydrogen (secondary N) is 2. The number of rotatable bonds is 4. The molecule has 0 radical (unpaired) electrons. The second-order valence-electron chi connectivity index (χ2n) is 3.84. The van der Waals surface area contributed by atoms with Crippen LogP contribution in [0.4, 0.5) is 5.95 Å². The van der Waals surface area contributed by atoms with Gasteiger partial charge in [-0.1, -0.05) is 11.6 Å². The number of nitrogens with zero attached hydrogens (tertiary/aromatic N) is 1. The Morgan fingerprint density at radius 3 is 2.43 bits per heavy atom. The van der Waals surface area contributed by atoms with Crippen molar-refractivity contribution in [2.24, 2.45) is 0 Å². The van der Waals surface area contributed by atoms with Crippen LogP contribution in [0.3, 0.4) is 0 Å². The van der Waals surface area contributed by atoms with Crippen molar-refractivity contribution in [1.29, 1.82) is 0 Å². The zero-order chi connectivity index (χ0) is 15.6. The van der Waals surface area contributed by atoms with E-state index in [-0.39, 0.29) is 10.8 Å². The predicted molar refractivity (Wildman–Crippen MR) is 74.1 cm³/mol. The third kappa shape index (κ3) is 3.38. The van der Waals surface area contributed by atoms with Crippen LogP contribution in [-0.2, 0) is 10.0 Å². The van der Waals surface area contributed by atoms with Gasteiger partial charge in [0.1, 0.15) is 5.56 Å². The predicted octanol–water partition coefficient (Wildman–Crippen LogP) is 0.922. The molecule has 2 aromatic rings. The minimum Gasteiger partial charge on any atom is -0.477 e. The van der Waals surface area contributed by atoms with Gasteiger partial charge in [0.2, 0.25) is 5.95 Å². The molecule has 0 aliphatic carbocycles. The van der Waals surface area contributed by atoms with E-state index in [1.807, 2.05) is 9.71 Å². The number of hydrogen-bond donors (Lipinski definition) is 3. The Balaban J connectivity index is 2.33. The molecular weight excluding hydrogens is 322 g/mol. The molecule has 110 valence electrons. The lowest BCUT2D eigenvalue weighted by molar-refractivity contribution is 0.0694. The number of carboxylic acid groups (broad SMARTS) is 1. The van der Waals surface area contributed by atoms with Crippen molar-refractivity contribution < 1.29 is 18.3 Å². The fraction of sp³-hybridized carbons (Fsp3) is 0. The van der Waals surface area contributed by atoms with Gasteiger partial charge in [0, 0.05) is 5.02 Å². The molecule has 3 N–H and O–H groups in total. The summed E-state index contributed by atoms with van der Waals surface area (Å²) in [5.41, 5.74) is -1.56. The zero-order valence-corrected chi connectivity index (χ0v) is 11.8. The van der Waals surface area contributed by atoms with Gasteiger partial charge in [-0.3, -0.25) is 9.78 Å². The molecule has 10 heteroatoms. The van der Waals surface area contributed by atoms with Crippen molar-refractivity contribution in [2.75, 3.05) is 4.72 Å². The van der Waals surface area contributed by atoms with Crippen molar-refractivity contribution in [3.63, 3.8) is 0 Å². The molecule has 0 amide bonds. The van der Waals surface area contributed by atoms with E-state index in [2.05, 4.69) is 4.98 Å². The first-order valence-corrected chi connectivity index (χ1v) is 7.27. The second-order valence-corrected chi connectivity index (χ2v) is 5.96. The smallest absolute Gasteiger partial charge is 0.342 e. The lowest BCUT2D eigenvalue weighted by Crippen LogP contribution is -2.22. The lowest BCUT2D eigenvalue weighted by atomic mass is 10.3. The molecule has 0 saturated heterocycles. The van der Waals surface area contributed by atoms with Crippen molar-refractivity contribution in [1.82, 2.24) is 9.97 Å². The van der Waals surface area contributed by atoms with Gasteiger partial charge in [0.05, 0.1) is 11.1 Å². The molecule has 2 rings (SSSR count). The number of aromatic carboxylic acids is 1. The van der Waals surface area contributed by atoms with Crippen LogP contribution in [0.2, 0.25) is 5.02 Å². The highest BCUT2D eigenvalue weighted by atomic mass is 35.5. The number of carbonyl (C=O) groups is 1. The maximum atomic E-state index is 12.0. The maximum absolute atomic E-state index is 12.0. The zero-order valence-electron chi connectivity index (χ0n) is 10.2. The standard InChI is InChI=1S/C11H8ClN3O5S/c12-6-1-3-7(4-2-6)21(19,20)15-11-13-5-8(10(17)18)9(16)14-11/h1-5H,(H,17,18)(H2,13,14,15,16). The minimum absolute atomic E-state index is 0.0862. The molecule has 8 nitrogen and oxygen atoms in total. The molecule has 0 unspecified atom stereocenters. The number of benzene rings is 1. The summed E-state index contributed by atoms with van der Waals surface area (Å²) in [5.74, 6) is -1.85. The van der Waals surface area contributed by atoms with E-state index in [0.29, 0.717) is 5.02 Å². The molecule has 0 spiro atoms. The molecule has 0 aliphatic heterocycles. The fourth-order valence-electron chi connectivity index (χ4n) is 1.40. The highest BCUT2D eigenvalue weighted by Crippen LogP contribution is 2.15. The summed E-state index contributed by atoms with van der Waals surface area (Å²) in [5, 5.41) is 9.05. The SMILES string of the molecule is O=C(O)c1cnc(NS(=O)(=O)c2ccc(Cl)cc2)[nH]c1=O. The summed E-state index contributed by atoms with van der Waals surface area (Å²) in [6, 6.07) is 5.32. The minimum atomic E-state index is -3.97. The van der Waals surface area contributed by atoms with Crippen LogP contribution in [0.25, 0.3) is 0 Å². The Bertz CT molecular complexity index is 845. The number of anilines is 1. The third-order valence-corrected chi connectivity index (χ3v) is 3.99. The van der Waals surface area contributed by atoms with Gasteiger partial charge in [-0.15, -0.1) is 0 Å². The van der Waals surface area contributed by atoms with Crippen molar-refractivity contribution in [3.8, 4) is 0 Å². The number of H-pyrrole nitrogens is 1. The van der Waals surface area contributed by atoms with E-state index in [1.54, 1.807) is 0 Å². The number of aromatic amines is 1. The first kappa shape index (κ1) is 15.0. The molecule has 1 heterocycles. The van der Waals surface area contributed by atoms with Crippen molar-refractivity contribution >= 4 is 33.5 Å². The highest BCUT2D eigenvalue weighted by molar-refractivity contribution is 7.92. The van der Waals surface area contributed by atoms with Gasteiger partial charge in [0.15, 0.2) is 0 Å². The molecule has 0 aliphatic rings. The van der Waals surface area contributed by atoms with Gasteiger partial charge < -0.3 is 5.11 Å². The van der Waals surface area contributed by atoms with Crippen LogP contribution in [0.5, 0.6) is 0 Å². The molecule has 0 atom stereocenters. The largest absolute Gasteiger partial charge is 0.477 e. The number of hydrogen-bond acceptors (Lipinski definition) is 5. The summed E-state index contributed by atoms with van der Waals surface area (Å²) in [4.78, 5) is 27.6. The van der Waals surface area contributed by atoms with Crippen LogP contribution in [0.15, 0.2) is 40.2 Å². The van der Waals surface area contributed by atoms with E-state index in [9.17, 15) is 18.0 Å². The van der Waals surface area contributed by atoms with Gasteiger partial charge in [-0.25, -0.2) is 22.9 Å². The quantitative estimate of drug-likeness (QED) is 0.765. The van der Waals surface area contributed by atoms with Gasteiger partial charge in [-0.2, -0.15) is 0 Å². The highest BCUT2D eigenvalue weighted by Gasteiger charge is 2.16. The average Bonchev–Trinajstić information content (AvgIpc) is 2.38. The third-order valence-electron chi connectivity index (χ3n) is 2.38. The van der Waals surface area contributed by atoms with Gasteiger partial charge >= 0.3 is 5.97 Å². The van der Waals surface area contributed by atoms with E-state index in [1.165, 1.54) is 24.3 Å². The summed E-state index contributed by atoms with van der Waals surface area (Å²) >= 11 is 5.66. The molecule has 1 aromatic carbocycles. The number of carboxylic acids is 1. The Labute approximate surface area is 123 Å². The lowest BCUT2D eigenvalue weighted by Gasteiger charge is -2.07. The summed E-state index contributed by atoms with van der Waals surface area (Å²) in [7, 11) is -3.97. The van der Waals surface area contributed by atoms with Crippen molar-refractivity contribution in [2.45, 2.75) is 4.90 Å². The number of halogens is 1. The summed E-state index contributed by atoms with van der Waals surface area (Å²) in [6.45, 7) is 0. The molecule has 0 bridgehead atoms. The number of aromatic nitrogens is 2. The summed E-state index contributed by atoms with van der Waals surface area (Å²) in [6.07, 6.45) is 0.765. The molecular formula is C11H8ClN3O5S. The van der Waals surface area contributed by atoms with E-state index >= 15 is 0 Å². The Morgan fingerprint density at radius 2 is 1.90 bits per heavy atom. The van der Waals surface area contributed by atoms with Gasteiger partial charge in [-0.05, 0) is 24.3 Å². The Hall–Kier alpha value is -2.39. The molecule has 21 heavy (non-hydrogen) atoms. The summed E-state index contributed by atoms with van der Waals surface area (Å²) < 4.78 is 26.1. The van der Waals surface area contributed by atoms with Gasteiger partial charge in [0.25, 0.3) is 15.6 Å². The fourth-order valence-corrected chi connectivity index (χ4v) is 2.50. The number of sulfonamides is 1. The molecule has 1 aromatic heterocycles. The van der Waals surface area contributed by atoms with E-state index in [4.69, 9.17) is 16.7 Å².